The number of benzene rings is 1. The van der Waals surface area contributed by atoms with Gasteiger partial charge in [-0.1, -0.05) is 42.1 Å². The Morgan fingerprint density at radius 2 is 2.00 bits per heavy atom. The lowest BCUT2D eigenvalue weighted by molar-refractivity contribution is 0.101. The Hall–Kier alpha value is -2.34. The minimum Gasteiger partial charge on any atom is -0.359 e. The molecule has 0 fully saturated rings. The highest BCUT2D eigenvalue weighted by atomic mass is 32.2. The van der Waals surface area contributed by atoms with Gasteiger partial charge < -0.3 is 9.55 Å². The molecule has 0 aliphatic carbocycles. The minimum absolute atomic E-state index is 0.0580. The summed E-state index contributed by atoms with van der Waals surface area (Å²) in [4.78, 5) is 14.9. The van der Waals surface area contributed by atoms with Crippen molar-refractivity contribution in [2.24, 2.45) is 7.05 Å². The Bertz CT molecular complexity index is 750. The smallest absolute Gasteiger partial charge is 0.191 e. The Kier molecular flexibility index (Phi) is 4.39. The standard InChI is InChI=1S/C16H16N4OS/c1-20-15(10-12-6-3-2-4-7-12)18-19-16(20)22-11-14(21)13-8-5-9-17-13/h2-9,17H,10-11H2,1H3. The van der Waals surface area contributed by atoms with E-state index in [-0.39, 0.29) is 5.78 Å². The molecule has 5 nitrogen and oxygen atoms in total. The molecule has 0 saturated carbocycles. The van der Waals surface area contributed by atoms with Crippen molar-refractivity contribution in [2.75, 3.05) is 5.75 Å². The van der Waals surface area contributed by atoms with Crippen molar-refractivity contribution in [3.63, 3.8) is 0 Å². The molecule has 3 aromatic rings. The molecule has 2 heterocycles. The van der Waals surface area contributed by atoms with Gasteiger partial charge in [-0.2, -0.15) is 0 Å². The number of thioether (sulfide) groups is 1. The van der Waals surface area contributed by atoms with E-state index in [9.17, 15) is 4.79 Å². The van der Waals surface area contributed by atoms with E-state index in [1.165, 1.54) is 17.3 Å². The zero-order valence-corrected chi connectivity index (χ0v) is 13.0. The first-order chi connectivity index (χ1) is 10.7. The molecule has 1 aromatic carbocycles. The third-order valence-corrected chi connectivity index (χ3v) is 4.38. The monoisotopic (exact) mass is 312 g/mol. The predicted octanol–water partition coefficient (Wildman–Crippen LogP) is 2.71. The van der Waals surface area contributed by atoms with Crippen LogP contribution in [-0.2, 0) is 13.5 Å². The fraction of sp³-hybridized carbons (Fsp3) is 0.188. The molecule has 0 radical (unpaired) electrons. The van der Waals surface area contributed by atoms with E-state index in [4.69, 9.17) is 0 Å². The molecule has 1 N–H and O–H groups in total. The zero-order chi connectivity index (χ0) is 15.4. The van der Waals surface area contributed by atoms with Crippen LogP contribution in [0.5, 0.6) is 0 Å². The second-order valence-electron chi connectivity index (χ2n) is 4.92. The van der Waals surface area contributed by atoms with Crippen LogP contribution in [0, 0.1) is 0 Å². The van der Waals surface area contributed by atoms with Crippen molar-refractivity contribution in [2.45, 2.75) is 11.6 Å². The number of hydrogen-bond donors (Lipinski definition) is 1. The van der Waals surface area contributed by atoms with Crippen molar-refractivity contribution >= 4 is 17.5 Å². The van der Waals surface area contributed by atoms with E-state index in [0.29, 0.717) is 11.4 Å². The van der Waals surface area contributed by atoms with Crippen LogP contribution in [-0.4, -0.2) is 31.3 Å². The Labute approximate surface area is 132 Å². The van der Waals surface area contributed by atoms with Gasteiger partial charge >= 0.3 is 0 Å². The fourth-order valence-corrected chi connectivity index (χ4v) is 2.93. The molecule has 0 saturated heterocycles. The summed E-state index contributed by atoms with van der Waals surface area (Å²) in [6, 6.07) is 13.7. The molecule has 3 rings (SSSR count). The van der Waals surface area contributed by atoms with Gasteiger partial charge in [0.1, 0.15) is 5.82 Å². The maximum absolute atomic E-state index is 12.0. The average molecular weight is 312 g/mol. The summed E-state index contributed by atoms with van der Waals surface area (Å²) < 4.78 is 1.94. The number of aromatic nitrogens is 4. The highest BCUT2D eigenvalue weighted by Gasteiger charge is 2.13. The summed E-state index contributed by atoms with van der Waals surface area (Å²) >= 11 is 1.40. The first-order valence-corrected chi connectivity index (χ1v) is 7.94. The molecule has 0 atom stereocenters. The normalized spacial score (nSPS) is 10.8. The van der Waals surface area contributed by atoms with E-state index in [2.05, 4.69) is 27.3 Å². The van der Waals surface area contributed by atoms with Crippen LogP contribution in [0.3, 0.4) is 0 Å². The van der Waals surface area contributed by atoms with Crippen LogP contribution in [0.1, 0.15) is 21.9 Å². The molecule has 22 heavy (non-hydrogen) atoms. The number of Topliss-reactive ketones (excluding diaryl/α,β-unsaturated/α-hetero) is 1. The van der Waals surface area contributed by atoms with Crippen LogP contribution in [0.4, 0.5) is 0 Å². The van der Waals surface area contributed by atoms with Crippen molar-refractivity contribution in [1.29, 1.82) is 0 Å². The molecule has 0 amide bonds. The maximum atomic E-state index is 12.0. The van der Waals surface area contributed by atoms with Gasteiger partial charge in [-0.15, -0.1) is 10.2 Å². The molecule has 0 aliphatic heterocycles. The molecule has 6 heteroatoms. The number of carbonyl (C=O) groups is 1. The Morgan fingerprint density at radius 3 is 2.73 bits per heavy atom. The quantitative estimate of drug-likeness (QED) is 0.561. The first kappa shape index (κ1) is 14.6. The number of nitrogens with zero attached hydrogens (tertiary/aromatic N) is 3. The van der Waals surface area contributed by atoms with E-state index < -0.39 is 0 Å². The van der Waals surface area contributed by atoms with Crippen LogP contribution < -0.4 is 0 Å². The third kappa shape index (κ3) is 3.28. The van der Waals surface area contributed by atoms with Crippen molar-refractivity contribution in [1.82, 2.24) is 19.7 Å². The lowest BCUT2D eigenvalue weighted by Gasteiger charge is -2.03. The number of H-pyrrole nitrogens is 1. The van der Waals surface area contributed by atoms with Gasteiger partial charge in [0.15, 0.2) is 10.9 Å². The Balaban J connectivity index is 1.65. The number of nitrogens with one attached hydrogen (secondary N) is 1. The fourth-order valence-electron chi connectivity index (χ4n) is 2.11. The first-order valence-electron chi connectivity index (χ1n) is 6.95. The van der Waals surface area contributed by atoms with Gasteiger partial charge in [0.05, 0.1) is 11.4 Å². The van der Waals surface area contributed by atoms with Crippen LogP contribution in [0.25, 0.3) is 0 Å². The van der Waals surface area contributed by atoms with E-state index >= 15 is 0 Å². The maximum Gasteiger partial charge on any atom is 0.191 e. The van der Waals surface area contributed by atoms with Gasteiger partial charge in [-0.25, -0.2) is 0 Å². The molecule has 0 spiro atoms. The summed E-state index contributed by atoms with van der Waals surface area (Å²) in [5.41, 5.74) is 1.82. The molecular weight excluding hydrogens is 296 g/mol. The minimum atomic E-state index is 0.0580. The van der Waals surface area contributed by atoms with E-state index in [0.717, 1.165) is 17.4 Å². The summed E-state index contributed by atoms with van der Waals surface area (Å²) in [6.45, 7) is 0. The molecular formula is C16H16N4OS. The van der Waals surface area contributed by atoms with Gasteiger partial charge in [0.2, 0.25) is 0 Å². The second kappa shape index (κ2) is 6.62. The topological polar surface area (TPSA) is 63.6 Å². The molecule has 0 bridgehead atoms. The predicted molar refractivity (Wildman–Crippen MR) is 86.1 cm³/mol. The lowest BCUT2D eigenvalue weighted by Crippen LogP contribution is -2.05. The highest BCUT2D eigenvalue weighted by molar-refractivity contribution is 7.99. The lowest BCUT2D eigenvalue weighted by atomic mass is 10.1. The van der Waals surface area contributed by atoms with Gasteiger partial charge in [0, 0.05) is 19.7 Å². The molecule has 2 aromatic heterocycles. The van der Waals surface area contributed by atoms with Crippen molar-refractivity contribution < 1.29 is 4.79 Å². The van der Waals surface area contributed by atoms with E-state index in [1.807, 2.05) is 35.9 Å². The van der Waals surface area contributed by atoms with Crippen LogP contribution in [0.15, 0.2) is 53.8 Å². The number of ketones is 1. The third-order valence-electron chi connectivity index (χ3n) is 3.36. The number of hydrogen-bond acceptors (Lipinski definition) is 4. The van der Waals surface area contributed by atoms with Crippen molar-refractivity contribution in [3.8, 4) is 0 Å². The number of rotatable bonds is 6. The number of carbonyl (C=O) groups excluding carboxylic acids is 1. The van der Waals surface area contributed by atoms with Gasteiger partial charge in [-0.3, -0.25) is 4.79 Å². The molecule has 112 valence electrons. The zero-order valence-electron chi connectivity index (χ0n) is 12.2. The highest BCUT2D eigenvalue weighted by Crippen LogP contribution is 2.18. The SMILES string of the molecule is Cn1c(Cc2ccccc2)nnc1SCC(=O)c1ccc[nH]1. The summed E-state index contributed by atoms with van der Waals surface area (Å²) in [7, 11) is 1.93. The number of aromatic amines is 1. The summed E-state index contributed by atoms with van der Waals surface area (Å²) in [5, 5.41) is 9.16. The van der Waals surface area contributed by atoms with E-state index in [1.54, 1.807) is 12.3 Å². The second-order valence-corrected chi connectivity index (χ2v) is 5.86. The van der Waals surface area contributed by atoms with Crippen LogP contribution >= 0.6 is 11.8 Å². The van der Waals surface area contributed by atoms with Crippen LogP contribution in [0.2, 0.25) is 0 Å². The summed E-state index contributed by atoms with van der Waals surface area (Å²) in [6.07, 6.45) is 2.48. The van der Waals surface area contributed by atoms with Gasteiger partial charge in [0.25, 0.3) is 0 Å². The van der Waals surface area contributed by atoms with Crippen molar-refractivity contribution in [3.05, 3.63) is 65.7 Å². The Morgan fingerprint density at radius 1 is 1.18 bits per heavy atom. The molecule has 0 unspecified atom stereocenters. The van der Waals surface area contributed by atoms with Gasteiger partial charge in [-0.05, 0) is 17.7 Å². The average Bonchev–Trinajstić information content (AvgIpc) is 3.18. The largest absolute Gasteiger partial charge is 0.359 e. The summed E-state index contributed by atoms with van der Waals surface area (Å²) in [5.74, 6) is 1.29. The molecule has 0 aliphatic rings.